The van der Waals surface area contributed by atoms with Crippen molar-refractivity contribution in [2.75, 3.05) is 4.90 Å². The average Bonchev–Trinajstić information content (AvgIpc) is 2.54. The van der Waals surface area contributed by atoms with Crippen molar-refractivity contribution in [3.63, 3.8) is 0 Å². The van der Waals surface area contributed by atoms with Gasteiger partial charge in [0.05, 0.1) is 10.5 Å². The van der Waals surface area contributed by atoms with Crippen molar-refractivity contribution in [3.8, 4) is 0 Å². The highest BCUT2D eigenvalue weighted by atomic mass is 16.6. The second-order valence-electron chi connectivity index (χ2n) is 6.11. The Morgan fingerprint density at radius 1 is 1.24 bits per heavy atom. The lowest BCUT2D eigenvalue weighted by Crippen LogP contribution is -2.58. The Balaban J connectivity index is 2.27. The highest BCUT2D eigenvalue weighted by molar-refractivity contribution is 6.11. The Morgan fingerprint density at radius 3 is 2.52 bits per heavy atom. The van der Waals surface area contributed by atoms with Crippen LogP contribution in [0.4, 0.5) is 11.4 Å². The first-order chi connectivity index (χ1) is 11.9. The molecule has 1 aromatic rings. The van der Waals surface area contributed by atoms with E-state index in [2.05, 4.69) is 9.98 Å². The second kappa shape index (κ2) is 6.04. The Kier molecular flexibility index (Phi) is 4.03. The normalized spacial score (nSPS) is 19.3. The van der Waals surface area contributed by atoms with Gasteiger partial charge in [-0.3, -0.25) is 19.8 Å². The number of aliphatic imine (C=N–C) groups is 2. The molecule has 0 aromatic heterocycles. The van der Waals surface area contributed by atoms with E-state index < -0.39 is 16.5 Å². The van der Waals surface area contributed by atoms with Crippen LogP contribution in [0.25, 0.3) is 0 Å². The molecule has 1 saturated carbocycles. The summed E-state index contributed by atoms with van der Waals surface area (Å²) in [6.45, 7) is 0. The van der Waals surface area contributed by atoms with E-state index in [1.54, 1.807) is 0 Å². The molecule has 1 fully saturated rings. The summed E-state index contributed by atoms with van der Waals surface area (Å²) in [7, 11) is 0. The lowest BCUT2D eigenvalue weighted by Gasteiger charge is -2.45. The SMILES string of the molecule is NC(=O)c1cccc([N+](=O)[O-])c1N1C(N)=NC(N)=NC12CCCCC2. The molecule has 1 amide bonds. The first-order valence-corrected chi connectivity index (χ1v) is 7.93. The fraction of sp³-hybridized carbons (Fsp3) is 0.400. The number of anilines is 1. The Bertz CT molecular complexity index is 764. The van der Waals surface area contributed by atoms with Gasteiger partial charge < -0.3 is 17.2 Å². The van der Waals surface area contributed by atoms with E-state index in [0.29, 0.717) is 12.8 Å². The second-order valence-corrected chi connectivity index (χ2v) is 6.11. The molecule has 0 radical (unpaired) electrons. The molecule has 0 atom stereocenters. The molecule has 6 N–H and O–H groups in total. The molecule has 1 aliphatic heterocycles. The van der Waals surface area contributed by atoms with Crippen molar-refractivity contribution in [3.05, 3.63) is 33.9 Å². The average molecular weight is 345 g/mol. The number of primary amides is 1. The topological polar surface area (TPSA) is 166 Å². The van der Waals surface area contributed by atoms with Crippen LogP contribution in [0.5, 0.6) is 0 Å². The van der Waals surface area contributed by atoms with Gasteiger partial charge in [-0.15, -0.1) is 0 Å². The van der Waals surface area contributed by atoms with E-state index in [9.17, 15) is 14.9 Å². The number of guanidine groups is 2. The van der Waals surface area contributed by atoms with Crippen molar-refractivity contribution in [2.45, 2.75) is 37.8 Å². The maximum atomic E-state index is 11.9. The van der Waals surface area contributed by atoms with Gasteiger partial charge >= 0.3 is 0 Å². The van der Waals surface area contributed by atoms with Crippen LogP contribution < -0.4 is 22.1 Å². The number of nitrogens with zero attached hydrogens (tertiary/aromatic N) is 4. The maximum Gasteiger partial charge on any atom is 0.293 e. The number of nitro groups is 1. The monoisotopic (exact) mass is 345 g/mol. The first-order valence-electron chi connectivity index (χ1n) is 7.93. The number of nitro benzene ring substituents is 1. The predicted octanol–water partition coefficient (Wildman–Crippen LogP) is 0.803. The minimum Gasteiger partial charge on any atom is -0.369 e. The summed E-state index contributed by atoms with van der Waals surface area (Å²) in [6.07, 6.45) is 3.91. The van der Waals surface area contributed by atoms with Crippen LogP contribution in [0.15, 0.2) is 28.2 Å². The number of benzene rings is 1. The van der Waals surface area contributed by atoms with Gasteiger partial charge in [-0.25, -0.2) is 4.99 Å². The Morgan fingerprint density at radius 2 is 1.92 bits per heavy atom. The minimum atomic E-state index is -0.898. The van der Waals surface area contributed by atoms with Crippen LogP contribution in [-0.2, 0) is 0 Å². The van der Waals surface area contributed by atoms with Crippen LogP contribution in [0, 0.1) is 10.1 Å². The summed E-state index contributed by atoms with van der Waals surface area (Å²) >= 11 is 0. The van der Waals surface area contributed by atoms with Gasteiger partial charge in [0.1, 0.15) is 11.4 Å². The van der Waals surface area contributed by atoms with Crippen molar-refractivity contribution in [1.29, 1.82) is 0 Å². The third kappa shape index (κ3) is 2.75. The van der Waals surface area contributed by atoms with Gasteiger partial charge in [0.2, 0.25) is 11.9 Å². The Labute approximate surface area is 143 Å². The number of carbonyl (C=O) groups excluding carboxylic acids is 1. The maximum absolute atomic E-state index is 11.9. The van der Waals surface area contributed by atoms with Crippen LogP contribution >= 0.6 is 0 Å². The van der Waals surface area contributed by atoms with E-state index in [4.69, 9.17) is 17.2 Å². The van der Waals surface area contributed by atoms with Crippen LogP contribution in [0.3, 0.4) is 0 Å². The summed E-state index contributed by atoms with van der Waals surface area (Å²) < 4.78 is 0. The third-order valence-corrected chi connectivity index (χ3v) is 4.55. The van der Waals surface area contributed by atoms with Crippen molar-refractivity contribution < 1.29 is 9.72 Å². The summed E-state index contributed by atoms with van der Waals surface area (Å²) in [6, 6.07) is 4.13. The highest BCUT2D eigenvalue weighted by Gasteiger charge is 2.46. The van der Waals surface area contributed by atoms with Crippen molar-refractivity contribution in [2.24, 2.45) is 27.2 Å². The predicted molar refractivity (Wildman–Crippen MR) is 93.2 cm³/mol. The molecule has 0 bridgehead atoms. The van der Waals surface area contributed by atoms with Crippen LogP contribution in [0.2, 0.25) is 0 Å². The molecule has 25 heavy (non-hydrogen) atoms. The summed E-state index contributed by atoms with van der Waals surface area (Å²) in [4.78, 5) is 32.8. The number of amides is 1. The fourth-order valence-corrected chi connectivity index (χ4v) is 3.56. The van der Waals surface area contributed by atoms with Gasteiger partial charge in [-0.2, -0.15) is 4.99 Å². The number of rotatable bonds is 3. The molecule has 10 heteroatoms. The van der Waals surface area contributed by atoms with E-state index in [1.165, 1.54) is 23.1 Å². The molecule has 0 unspecified atom stereocenters. The number of nitrogens with two attached hydrogens (primary N) is 3. The summed E-state index contributed by atoms with van der Waals surface area (Å²) in [5, 5.41) is 11.6. The lowest BCUT2D eigenvalue weighted by atomic mass is 9.86. The fourth-order valence-electron chi connectivity index (χ4n) is 3.56. The number of hydrogen-bond donors (Lipinski definition) is 3. The molecule has 3 rings (SSSR count). The molecule has 10 nitrogen and oxygen atoms in total. The zero-order valence-corrected chi connectivity index (χ0v) is 13.5. The van der Waals surface area contributed by atoms with Gasteiger partial charge in [0, 0.05) is 6.07 Å². The number of para-hydroxylation sites is 1. The zero-order chi connectivity index (χ0) is 18.2. The van der Waals surface area contributed by atoms with E-state index in [0.717, 1.165) is 19.3 Å². The molecule has 1 spiro atoms. The van der Waals surface area contributed by atoms with E-state index >= 15 is 0 Å². The molecular weight excluding hydrogens is 326 g/mol. The molecule has 0 saturated heterocycles. The molecule has 132 valence electrons. The van der Waals surface area contributed by atoms with E-state index in [1.807, 2.05) is 0 Å². The molecule has 1 aromatic carbocycles. The van der Waals surface area contributed by atoms with Crippen molar-refractivity contribution in [1.82, 2.24) is 0 Å². The quantitative estimate of drug-likeness (QED) is 0.541. The first kappa shape index (κ1) is 16.7. The highest BCUT2D eigenvalue weighted by Crippen LogP contribution is 2.43. The summed E-state index contributed by atoms with van der Waals surface area (Å²) in [5.74, 6) is -0.805. The molecule has 1 aliphatic carbocycles. The van der Waals surface area contributed by atoms with Gasteiger partial charge in [0.15, 0.2) is 0 Å². The largest absolute Gasteiger partial charge is 0.369 e. The van der Waals surface area contributed by atoms with Crippen molar-refractivity contribution >= 4 is 29.2 Å². The zero-order valence-electron chi connectivity index (χ0n) is 13.5. The standard InChI is InChI=1S/C15H19N7O3/c16-12(23)9-5-4-6-10(22(24)25)11(9)21-14(18)19-13(17)20-15(21)7-2-1-3-8-15/h4-6H,1-3,7-8H2,(H2,16,23)(H4,17,18,19,20). The minimum absolute atomic E-state index is 0.00651. The molecular formula is C15H19N7O3. The number of carbonyl (C=O) groups is 1. The van der Waals surface area contributed by atoms with Gasteiger partial charge in [-0.1, -0.05) is 12.5 Å². The van der Waals surface area contributed by atoms with Crippen LogP contribution in [-0.4, -0.2) is 28.4 Å². The molecule has 2 aliphatic rings. The van der Waals surface area contributed by atoms with Crippen LogP contribution in [0.1, 0.15) is 42.5 Å². The van der Waals surface area contributed by atoms with Gasteiger partial charge in [0.25, 0.3) is 11.6 Å². The summed E-state index contributed by atoms with van der Waals surface area (Å²) in [5.41, 5.74) is 16.2. The third-order valence-electron chi connectivity index (χ3n) is 4.55. The van der Waals surface area contributed by atoms with Gasteiger partial charge in [-0.05, 0) is 31.7 Å². The smallest absolute Gasteiger partial charge is 0.293 e. The Hall–Kier alpha value is -3.17. The number of hydrogen-bond acceptors (Lipinski definition) is 8. The lowest BCUT2D eigenvalue weighted by molar-refractivity contribution is -0.384. The molecule has 1 heterocycles. The van der Waals surface area contributed by atoms with E-state index in [-0.39, 0.29) is 28.9 Å².